The average Bonchev–Trinajstić information content (AvgIpc) is 2.40. The molecule has 2 aromatic carbocycles. The first-order valence-electron chi connectivity index (χ1n) is 6.00. The highest BCUT2D eigenvalue weighted by atomic mass is 79.9. The molecule has 0 aliphatic carbocycles. The molecule has 0 aliphatic heterocycles. The molecule has 0 radical (unpaired) electrons. The van der Waals surface area contributed by atoms with Crippen LogP contribution in [0.25, 0.3) is 0 Å². The summed E-state index contributed by atoms with van der Waals surface area (Å²) in [5.74, 6) is -0.323. The van der Waals surface area contributed by atoms with Crippen molar-refractivity contribution in [1.29, 1.82) is 0 Å². The van der Waals surface area contributed by atoms with Crippen LogP contribution in [0.15, 0.2) is 39.3 Å². The maximum absolute atomic E-state index is 13.4. The van der Waals surface area contributed by atoms with Crippen LogP contribution in [-0.2, 0) is 6.54 Å². The molecule has 0 saturated heterocycles. The summed E-state index contributed by atoms with van der Waals surface area (Å²) in [4.78, 5) is 10.4. The molecule has 0 unspecified atom stereocenters. The molecule has 110 valence electrons. The van der Waals surface area contributed by atoms with Crippen LogP contribution in [0.5, 0.6) is 0 Å². The third kappa shape index (κ3) is 4.01. The van der Waals surface area contributed by atoms with Gasteiger partial charge in [-0.1, -0.05) is 15.9 Å². The molecular weight excluding hydrogens is 407 g/mol. The molecule has 0 aliphatic rings. The first kappa shape index (κ1) is 15.9. The zero-order valence-electron chi connectivity index (χ0n) is 11.0. The Bertz CT molecular complexity index is 708. The molecule has 2 rings (SSSR count). The molecular formula is C14H11Br2FN2O2. The lowest BCUT2D eigenvalue weighted by Gasteiger charge is -2.11. The second-order valence-corrected chi connectivity index (χ2v) is 6.28. The van der Waals surface area contributed by atoms with E-state index in [0.29, 0.717) is 15.5 Å². The lowest BCUT2D eigenvalue weighted by Crippen LogP contribution is -2.02. The monoisotopic (exact) mass is 416 g/mol. The number of hydrogen-bond acceptors (Lipinski definition) is 3. The van der Waals surface area contributed by atoms with Crippen molar-refractivity contribution in [2.75, 3.05) is 5.32 Å². The van der Waals surface area contributed by atoms with Crippen molar-refractivity contribution in [2.24, 2.45) is 0 Å². The van der Waals surface area contributed by atoms with Gasteiger partial charge in [-0.05, 0) is 52.2 Å². The maximum Gasteiger partial charge on any atom is 0.270 e. The number of hydrogen-bond donors (Lipinski definition) is 1. The third-order valence-electron chi connectivity index (χ3n) is 2.90. The second kappa shape index (κ2) is 6.53. The Labute approximate surface area is 137 Å². The van der Waals surface area contributed by atoms with E-state index >= 15 is 0 Å². The van der Waals surface area contributed by atoms with Crippen LogP contribution in [0.4, 0.5) is 15.8 Å². The van der Waals surface area contributed by atoms with Gasteiger partial charge in [0.2, 0.25) is 0 Å². The number of aryl methyl sites for hydroxylation is 1. The Morgan fingerprint density at radius 3 is 2.62 bits per heavy atom. The van der Waals surface area contributed by atoms with Gasteiger partial charge in [0.05, 0.1) is 9.40 Å². The molecule has 0 amide bonds. The van der Waals surface area contributed by atoms with Gasteiger partial charge >= 0.3 is 0 Å². The lowest BCUT2D eigenvalue weighted by atomic mass is 10.1. The summed E-state index contributed by atoms with van der Waals surface area (Å²) in [5.41, 5.74) is 2.32. The SMILES string of the molecule is Cc1cc(F)c(Br)cc1NCc1cc(Br)cc([N+](=O)[O-])c1. The molecule has 0 fully saturated rings. The van der Waals surface area contributed by atoms with Crippen molar-refractivity contribution in [3.8, 4) is 0 Å². The largest absolute Gasteiger partial charge is 0.381 e. The van der Waals surface area contributed by atoms with Gasteiger partial charge in [-0.3, -0.25) is 10.1 Å². The van der Waals surface area contributed by atoms with Gasteiger partial charge in [-0.25, -0.2) is 4.39 Å². The molecule has 0 heterocycles. The van der Waals surface area contributed by atoms with E-state index in [-0.39, 0.29) is 11.5 Å². The van der Waals surface area contributed by atoms with Gasteiger partial charge in [-0.2, -0.15) is 0 Å². The van der Waals surface area contributed by atoms with Gasteiger partial charge < -0.3 is 5.32 Å². The smallest absolute Gasteiger partial charge is 0.270 e. The quantitative estimate of drug-likeness (QED) is 0.550. The predicted molar refractivity (Wildman–Crippen MR) is 87.0 cm³/mol. The number of non-ortho nitro benzene ring substituents is 1. The van der Waals surface area contributed by atoms with Gasteiger partial charge in [0.25, 0.3) is 5.69 Å². The van der Waals surface area contributed by atoms with Crippen LogP contribution in [0.1, 0.15) is 11.1 Å². The minimum Gasteiger partial charge on any atom is -0.381 e. The first-order chi connectivity index (χ1) is 9.86. The second-order valence-electron chi connectivity index (χ2n) is 4.51. The summed E-state index contributed by atoms with van der Waals surface area (Å²) in [5, 5.41) is 14.0. The number of rotatable bonds is 4. The predicted octanol–water partition coefficient (Wildman–Crippen LogP) is 5.18. The van der Waals surface area contributed by atoms with E-state index in [1.807, 2.05) is 0 Å². The summed E-state index contributed by atoms with van der Waals surface area (Å²) in [6.45, 7) is 2.19. The number of nitro groups is 1. The summed E-state index contributed by atoms with van der Waals surface area (Å²) in [7, 11) is 0. The first-order valence-corrected chi connectivity index (χ1v) is 7.59. The van der Waals surface area contributed by atoms with Crippen LogP contribution >= 0.6 is 31.9 Å². The van der Waals surface area contributed by atoms with E-state index in [9.17, 15) is 14.5 Å². The number of nitrogens with zero attached hydrogens (tertiary/aromatic N) is 1. The Hall–Kier alpha value is -1.47. The van der Waals surface area contributed by atoms with E-state index in [0.717, 1.165) is 16.8 Å². The maximum atomic E-state index is 13.4. The minimum absolute atomic E-state index is 0.0261. The average molecular weight is 418 g/mol. The Morgan fingerprint density at radius 2 is 1.95 bits per heavy atom. The topological polar surface area (TPSA) is 55.2 Å². The van der Waals surface area contributed by atoms with Crippen molar-refractivity contribution in [1.82, 2.24) is 0 Å². The minimum atomic E-state index is -0.437. The fraction of sp³-hybridized carbons (Fsp3) is 0.143. The standard InChI is InChI=1S/C14H11Br2FN2O2/c1-8-2-13(17)12(16)6-14(8)18-7-9-3-10(15)5-11(4-9)19(20)21/h2-6,18H,7H2,1H3. The molecule has 4 nitrogen and oxygen atoms in total. The fourth-order valence-corrected chi connectivity index (χ4v) is 2.75. The van der Waals surface area contributed by atoms with Gasteiger partial charge in [0.15, 0.2) is 0 Å². The molecule has 1 N–H and O–H groups in total. The van der Waals surface area contributed by atoms with E-state index in [2.05, 4.69) is 37.2 Å². The normalized spacial score (nSPS) is 10.5. The molecule has 0 saturated carbocycles. The molecule has 7 heteroatoms. The van der Waals surface area contributed by atoms with Crippen molar-refractivity contribution in [3.05, 3.63) is 66.3 Å². The highest BCUT2D eigenvalue weighted by Gasteiger charge is 2.10. The van der Waals surface area contributed by atoms with Crippen molar-refractivity contribution in [2.45, 2.75) is 13.5 Å². The van der Waals surface area contributed by atoms with Crippen LogP contribution in [0, 0.1) is 22.9 Å². The summed E-state index contributed by atoms with van der Waals surface area (Å²) in [6.07, 6.45) is 0. The van der Waals surface area contributed by atoms with Gasteiger partial charge in [0.1, 0.15) is 5.82 Å². The molecule has 0 atom stereocenters. The Kier molecular flexibility index (Phi) is 4.95. The summed E-state index contributed by atoms with van der Waals surface area (Å²) >= 11 is 6.39. The van der Waals surface area contributed by atoms with E-state index in [4.69, 9.17) is 0 Å². The third-order valence-corrected chi connectivity index (χ3v) is 3.97. The van der Waals surface area contributed by atoms with Gasteiger partial charge in [0, 0.05) is 28.8 Å². The Morgan fingerprint density at radius 1 is 1.24 bits per heavy atom. The van der Waals surface area contributed by atoms with E-state index < -0.39 is 4.92 Å². The van der Waals surface area contributed by atoms with Crippen molar-refractivity contribution in [3.63, 3.8) is 0 Å². The van der Waals surface area contributed by atoms with Crippen LogP contribution in [-0.4, -0.2) is 4.92 Å². The number of anilines is 1. The molecule has 21 heavy (non-hydrogen) atoms. The van der Waals surface area contributed by atoms with E-state index in [1.165, 1.54) is 18.2 Å². The zero-order chi connectivity index (χ0) is 15.6. The number of halogens is 3. The molecule has 2 aromatic rings. The van der Waals surface area contributed by atoms with E-state index in [1.54, 1.807) is 19.1 Å². The Balaban J connectivity index is 2.20. The molecule has 0 aromatic heterocycles. The lowest BCUT2D eigenvalue weighted by molar-refractivity contribution is -0.385. The fourth-order valence-electron chi connectivity index (χ4n) is 1.87. The van der Waals surface area contributed by atoms with Crippen molar-refractivity contribution >= 4 is 43.2 Å². The van der Waals surface area contributed by atoms with Crippen molar-refractivity contribution < 1.29 is 9.31 Å². The number of nitrogens with one attached hydrogen (secondary N) is 1. The number of nitro benzene ring substituents is 1. The molecule has 0 bridgehead atoms. The zero-order valence-corrected chi connectivity index (χ0v) is 14.2. The highest BCUT2D eigenvalue weighted by molar-refractivity contribution is 9.10. The summed E-state index contributed by atoms with van der Waals surface area (Å²) < 4.78 is 14.4. The highest BCUT2D eigenvalue weighted by Crippen LogP contribution is 2.26. The van der Waals surface area contributed by atoms with Crippen LogP contribution in [0.2, 0.25) is 0 Å². The summed E-state index contributed by atoms with van der Waals surface area (Å²) in [6, 6.07) is 7.83. The number of benzene rings is 2. The molecule has 0 spiro atoms. The van der Waals surface area contributed by atoms with Crippen LogP contribution in [0.3, 0.4) is 0 Å². The van der Waals surface area contributed by atoms with Crippen LogP contribution < -0.4 is 5.32 Å². The van der Waals surface area contributed by atoms with Gasteiger partial charge in [-0.15, -0.1) is 0 Å².